The number of aromatic nitrogens is 2. The fourth-order valence-electron chi connectivity index (χ4n) is 2.04. The Hall–Kier alpha value is -3.15. The van der Waals surface area contributed by atoms with E-state index in [1.54, 1.807) is 32.9 Å². The van der Waals surface area contributed by atoms with Crippen LogP contribution in [0.3, 0.4) is 0 Å². The van der Waals surface area contributed by atoms with Gasteiger partial charge in [-0.3, -0.25) is 0 Å². The van der Waals surface area contributed by atoms with Crippen LogP contribution in [-0.4, -0.2) is 69.6 Å². The maximum atomic E-state index is 12.6. The lowest BCUT2D eigenvalue weighted by atomic mass is 10.2. The molecule has 2 heterocycles. The Kier molecular flexibility index (Phi) is 14.3. The van der Waals surface area contributed by atoms with Crippen LogP contribution in [0.2, 0.25) is 0 Å². The van der Waals surface area contributed by atoms with Crippen molar-refractivity contribution >= 4 is 17.8 Å². The van der Waals surface area contributed by atoms with Crippen molar-refractivity contribution in [2.45, 2.75) is 52.7 Å². The lowest BCUT2D eigenvalue weighted by Crippen LogP contribution is -2.24. The summed E-state index contributed by atoms with van der Waals surface area (Å²) >= 11 is 0. The zero-order valence-corrected chi connectivity index (χ0v) is 21.2. The van der Waals surface area contributed by atoms with E-state index in [4.69, 9.17) is 25.4 Å². The first-order valence-electron chi connectivity index (χ1n) is 10.9. The van der Waals surface area contributed by atoms with Crippen molar-refractivity contribution in [3.05, 3.63) is 53.7 Å². The Morgan fingerprint density at radius 1 is 0.914 bits per heavy atom. The Morgan fingerprint density at radius 2 is 1.37 bits per heavy atom. The van der Waals surface area contributed by atoms with E-state index in [2.05, 4.69) is 15.3 Å². The van der Waals surface area contributed by atoms with E-state index in [9.17, 15) is 14.0 Å². The van der Waals surface area contributed by atoms with Gasteiger partial charge in [-0.15, -0.1) is 0 Å². The molecule has 0 spiro atoms. The highest BCUT2D eigenvalue weighted by Crippen LogP contribution is 2.14. The number of ether oxygens (including phenoxy) is 2. The number of nitrogens with zero attached hydrogens (tertiary/aromatic N) is 2. The maximum absolute atomic E-state index is 12.6. The smallest absolute Gasteiger partial charge is 0.338 e. The Morgan fingerprint density at radius 3 is 1.77 bits per heavy atom. The average Bonchev–Trinajstić information content (AvgIpc) is 2.76. The summed E-state index contributed by atoms with van der Waals surface area (Å²) in [5.74, 6) is -1.07. The number of aliphatic hydroxyl groups excluding tert-OH is 2. The predicted molar refractivity (Wildman–Crippen MR) is 130 cm³/mol. The summed E-state index contributed by atoms with van der Waals surface area (Å²) in [5, 5.41) is 19.3. The Labute approximate surface area is 205 Å². The normalized spacial score (nSPS) is 10.7. The van der Waals surface area contributed by atoms with E-state index < -0.39 is 23.1 Å². The molecule has 35 heavy (non-hydrogen) atoms. The molecule has 2 aromatic heterocycles. The lowest BCUT2D eigenvalue weighted by Gasteiger charge is -2.19. The molecule has 0 bridgehead atoms. The van der Waals surface area contributed by atoms with Gasteiger partial charge in [0, 0.05) is 31.5 Å². The van der Waals surface area contributed by atoms with Gasteiger partial charge in [-0.05, 0) is 59.7 Å². The molecule has 10 nitrogen and oxygen atoms in total. The van der Waals surface area contributed by atoms with E-state index in [0.29, 0.717) is 24.5 Å². The number of hydrogen-bond donors (Lipinski definition) is 4. The third kappa shape index (κ3) is 16.2. The number of nitrogens with one attached hydrogen (secondary N) is 1. The topological polar surface area (TPSA) is 157 Å². The molecule has 2 rings (SSSR count). The number of hydrogen-bond acceptors (Lipinski definition) is 10. The molecule has 5 N–H and O–H groups in total. The minimum atomic E-state index is -0.687. The zero-order valence-electron chi connectivity index (χ0n) is 21.2. The number of rotatable bonds is 6. The molecule has 11 heteroatoms. The van der Waals surface area contributed by atoms with Crippen LogP contribution in [0.1, 0.15) is 62.3 Å². The Balaban J connectivity index is 0.000000581. The van der Waals surface area contributed by atoms with Crippen LogP contribution in [0.15, 0.2) is 36.7 Å². The number of pyridine rings is 2. The molecule has 0 aromatic carbocycles. The fourth-order valence-corrected chi connectivity index (χ4v) is 2.04. The van der Waals surface area contributed by atoms with E-state index in [0.717, 1.165) is 6.07 Å². The van der Waals surface area contributed by atoms with Gasteiger partial charge in [0.25, 0.3) is 0 Å². The molecule has 0 unspecified atom stereocenters. The van der Waals surface area contributed by atoms with Crippen molar-refractivity contribution in [3.63, 3.8) is 0 Å². The molecule has 0 amide bonds. The summed E-state index contributed by atoms with van der Waals surface area (Å²) in [7, 11) is 0. The quantitative estimate of drug-likeness (QED) is 0.346. The molecule has 0 radical (unpaired) electrons. The highest BCUT2D eigenvalue weighted by atomic mass is 19.1. The SMILES string of the molecule is CC(C)(C)OC(=O)c1ccnc(F)c1.CC(C)(C)OC(=O)c1ccnc(NCCO)c1.NCCO. The molecule has 0 saturated heterocycles. The largest absolute Gasteiger partial charge is 0.456 e. The molecule has 0 aliphatic rings. The molecule has 0 aliphatic heterocycles. The maximum Gasteiger partial charge on any atom is 0.338 e. The standard InChI is InChI=1S/C12H18N2O3.C10H12FNO2.C2H7NO/c1-12(2,3)17-11(16)9-4-5-13-10(8-9)14-6-7-15;1-10(2,3)14-9(13)7-4-5-12-8(11)6-7;3-1-2-4/h4-5,8,15H,6-7H2,1-3H3,(H,13,14);4-6H,1-3H3;4H,1-3H2. The van der Waals surface area contributed by atoms with Crippen molar-refractivity contribution in [1.29, 1.82) is 0 Å². The second-order valence-corrected chi connectivity index (χ2v) is 8.96. The number of carbonyl (C=O) groups excluding carboxylic acids is 2. The number of esters is 2. The van der Waals surface area contributed by atoms with E-state index in [1.807, 2.05) is 20.8 Å². The van der Waals surface area contributed by atoms with Crippen LogP contribution >= 0.6 is 0 Å². The summed E-state index contributed by atoms with van der Waals surface area (Å²) in [5.41, 5.74) is 4.30. The number of carbonyl (C=O) groups is 2. The van der Waals surface area contributed by atoms with Gasteiger partial charge in [0.2, 0.25) is 5.95 Å². The molecular formula is C24H37FN4O6. The van der Waals surface area contributed by atoms with Gasteiger partial charge < -0.3 is 30.7 Å². The predicted octanol–water partition coefficient (Wildman–Crippen LogP) is 2.55. The van der Waals surface area contributed by atoms with Crippen LogP contribution in [0.5, 0.6) is 0 Å². The minimum Gasteiger partial charge on any atom is -0.456 e. The van der Waals surface area contributed by atoms with Crippen molar-refractivity contribution in [3.8, 4) is 0 Å². The fraction of sp³-hybridized carbons (Fsp3) is 0.500. The molecular weight excluding hydrogens is 459 g/mol. The summed E-state index contributed by atoms with van der Waals surface area (Å²) < 4.78 is 22.9. The monoisotopic (exact) mass is 496 g/mol. The van der Waals surface area contributed by atoms with Gasteiger partial charge in [-0.25, -0.2) is 19.6 Å². The number of anilines is 1. The van der Waals surface area contributed by atoms with E-state index >= 15 is 0 Å². The van der Waals surface area contributed by atoms with Crippen LogP contribution in [-0.2, 0) is 9.47 Å². The van der Waals surface area contributed by atoms with Crippen LogP contribution in [0.25, 0.3) is 0 Å². The number of nitrogens with two attached hydrogens (primary N) is 1. The number of halogens is 1. The molecule has 2 aromatic rings. The third-order valence-corrected chi connectivity index (χ3v) is 3.30. The van der Waals surface area contributed by atoms with Crippen molar-refractivity contribution in [2.75, 3.05) is 31.6 Å². The molecule has 196 valence electrons. The Bertz CT molecular complexity index is 911. The summed E-state index contributed by atoms with van der Waals surface area (Å²) in [4.78, 5) is 30.5. The van der Waals surface area contributed by atoms with Crippen molar-refractivity contribution in [2.24, 2.45) is 5.73 Å². The van der Waals surface area contributed by atoms with E-state index in [-0.39, 0.29) is 24.7 Å². The van der Waals surface area contributed by atoms with E-state index in [1.165, 1.54) is 18.5 Å². The first kappa shape index (κ1) is 31.9. The first-order chi connectivity index (χ1) is 16.2. The van der Waals surface area contributed by atoms with Gasteiger partial charge in [0.05, 0.1) is 24.3 Å². The second-order valence-electron chi connectivity index (χ2n) is 8.96. The van der Waals surface area contributed by atoms with Crippen molar-refractivity contribution in [1.82, 2.24) is 9.97 Å². The first-order valence-corrected chi connectivity index (χ1v) is 10.9. The highest BCUT2D eigenvalue weighted by molar-refractivity contribution is 5.90. The summed E-state index contributed by atoms with van der Waals surface area (Å²) in [6.45, 7) is 11.6. The van der Waals surface area contributed by atoms with Gasteiger partial charge >= 0.3 is 11.9 Å². The summed E-state index contributed by atoms with van der Waals surface area (Å²) in [6, 6.07) is 5.66. The minimum absolute atomic E-state index is 0.0122. The molecule has 0 atom stereocenters. The summed E-state index contributed by atoms with van der Waals surface area (Å²) in [6.07, 6.45) is 2.76. The van der Waals surface area contributed by atoms with Gasteiger partial charge in [0.15, 0.2) is 0 Å². The second kappa shape index (κ2) is 15.7. The molecule has 0 aliphatic carbocycles. The average molecular weight is 497 g/mol. The van der Waals surface area contributed by atoms with Crippen molar-refractivity contribution < 1.29 is 33.7 Å². The van der Waals surface area contributed by atoms with Gasteiger partial charge in [-0.2, -0.15) is 4.39 Å². The van der Waals surface area contributed by atoms with Gasteiger partial charge in [0.1, 0.15) is 17.0 Å². The van der Waals surface area contributed by atoms with Crippen LogP contribution in [0, 0.1) is 5.95 Å². The zero-order chi connectivity index (χ0) is 27.1. The highest BCUT2D eigenvalue weighted by Gasteiger charge is 2.19. The van der Waals surface area contributed by atoms with Gasteiger partial charge in [-0.1, -0.05) is 0 Å². The van der Waals surface area contributed by atoms with Crippen LogP contribution < -0.4 is 11.1 Å². The van der Waals surface area contributed by atoms with Crippen LogP contribution in [0.4, 0.5) is 10.2 Å². The lowest BCUT2D eigenvalue weighted by molar-refractivity contribution is 0.00567. The molecule has 0 fully saturated rings. The molecule has 0 saturated carbocycles. The third-order valence-electron chi connectivity index (χ3n) is 3.30. The number of aliphatic hydroxyl groups is 2.